The Balaban J connectivity index is 1.55. The van der Waals surface area contributed by atoms with Crippen LogP contribution in [0.15, 0.2) is 29.1 Å². The predicted octanol–water partition coefficient (Wildman–Crippen LogP) is 2.20. The van der Waals surface area contributed by atoms with Gasteiger partial charge in [-0.1, -0.05) is 6.07 Å². The third-order valence-corrected chi connectivity index (χ3v) is 5.52. The molecule has 1 saturated heterocycles. The highest BCUT2D eigenvalue weighted by Crippen LogP contribution is 2.23. The largest absolute Gasteiger partial charge is 0.326 e. The molecule has 0 spiro atoms. The molecule has 2 N–H and O–H groups in total. The standard InChI is InChI=1S/C21H24N4O3/c1-13-6-4-10-18(22-13)24-20(27)17-9-5-11-25(17)21(28)15-12-14-7-2-3-8-16(14)23-19(15)26/h4,6,10,12,17H,2-3,5,7-9,11H2,1H3,(H,23,26)(H,22,24,27)/t17-/m0/s1. The second-order valence-electron chi connectivity index (χ2n) is 7.53. The summed E-state index contributed by atoms with van der Waals surface area (Å²) in [5.41, 5.74) is 2.55. The van der Waals surface area contributed by atoms with Crippen LogP contribution in [0, 0.1) is 6.92 Å². The summed E-state index contributed by atoms with van der Waals surface area (Å²) in [7, 11) is 0. The molecule has 4 rings (SSSR count). The molecule has 2 aromatic heterocycles. The van der Waals surface area contributed by atoms with Crippen LogP contribution < -0.4 is 10.9 Å². The zero-order valence-electron chi connectivity index (χ0n) is 16.0. The van der Waals surface area contributed by atoms with Crippen LogP contribution in [0.5, 0.6) is 0 Å². The molecule has 0 radical (unpaired) electrons. The zero-order chi connectivity index (χ0) is 19.7. The third kappa shape index (κ3) is 3.56. The Hall–Kier alpha value is -2.96. The van der Waals surface area contributed by atoms with Gasteiger partial charge in [-0.3, -0.25) is 14.4 Å². The Bertz CT molecular complexity index is 982. The van der Waals surface area contributed by atoms with Crippen molar-refractivity contribution in [3.05, 3.63) is 57.1 Å². The number of hydrogen-bond donors (Lipinski definition) is 2. The number of nitrogens with one attached hydrogen (secondary N) is 2. The second kappa shape index (κ2) is 7.58. The topological polar surface area (TPSA) is 95.2 Å². The van der Waals surface area contributed by atoms with Gasteiger partial charge >= 0.3 is 0 Å². The minimum Gasteiger partial charge on any atom is -0.326 e. The first kappa shape index (κ1) is 18.4. The quantitative estimate of drug-likeness (QED) is 0.853. The van der Waals surface area contributed by atoms with E-state index in [2.05, 4.69) is 15.3 Å². The number of carbonyl (C=O) groups is 2. The van der Waals surface area contributed by atoms with Gasteiger partial charge in [0.25, 0.3) is 11.5 Å². The van der Waals surface area contributed by atoms with Gasteiger partial charge in [-0.15, -0.1) is 0 Å². The number of anilines is 1. The number of H-pyrrole nitrogens is 1. The van der Waals surface area contributed by atoms with Crippen molar-refractivity contribution in [2.24, 2.45) is 0 Å². The molecular formula is C21H24N4O3. The number of nitrogens with zero attached hydrogens (tertiary/aromatic N) is 2. The lowest BCUT2D eigenvalue weighted by Crippen LogP contribution is -2.44. The predicted molar refractivity (Wildman–Crippen MR) is 105 cm³/mol. The van der Waals surface area contributed by atoms with Crippen LogP contribution in [0.2, 0.25) is 0 Å². The van der Waals surface area contributed by atoms with Crippen molar-refractivity contribution in [2.45, 2.75) is 51.5 Å². The highest BCUT2D eigenvalue weighted by molar-refractivity contribution is 6.01. The summed E-state index contributed by atoms with van der Waals surface area (Å²) in [6.07, 6.45) is 5.13. The van der Waals surface area contributed by atoms with Crippen molar-refractivity contribution in [1.82, 2.24) is 14.9 Å². The molecule has 1 aliphatic carbocycles. The molecule has 1 fully saturated rings. The van der Waals surface area contributed by atoms with Gasteiger partial charge in [0, 0.05) is 17.9 Å². The van der Waals surface area contributed by atoms with Crippen molar-refractivity contribution in [2.75, 3.05) is 11.9 Å². The fourth-order valence-electron chi connectivity index (χ4n) is 4.09. The average Bonchev–Trinajstić information content (AvgIpc) is 3.17. The molecule has 1 atom stereocenters. The Morgan fingerprint density at radius 3 is 2.86 bits per heavy atom. The molecule has 0 unspecified atom stereocenters. The maximum atomic E-state index is 13.1. The molecule has 0 bridgehead atoms. The number of hydrogen-bond acceptors (Lipinski definition) is 4. The van der Waals surface area contributed by atoms with Crippen LogP contribution in [0.25, 0.3) is 0 Å². The first-order chi connectivity index (χ1) is 13.5. The summed E-state index contributed by atoms with van der Waals surface area (Å²) in [5, 5.41) is 2.80. The van der Waals surface area contributed by atoms with E-state index in [0.717, 1.165) is 49.1 Å². The number of aryl methyl sites for hydroxylation is 3. The maximum absolute atomic E-state index is 13.1. The molecule has 2 aromatic rings. The number of likely N-dealkylation sites (tertiary alicyclic amines) is 1. The first-order valence-electron chi connectivity index (χ1n) is 9.83. The van der Waals surface area contributed by atoms with E-state index in [1.54, 1.807) is 12.1 Å². The van der Waals surface area contributed by atoms with Crippen LogP contribution in [0.1, 0.15) is 53.0 Å². The second-order valence-corrected chi connectivity index (χ2v) is 7.53. The highest BCUT2D eigenvalue weighted by Gasteiger charge is 2.36. The number of carbonyl (C=O) groups excluding carboxylic acids is 2. The fourth-order valence-corrected chi connectivity index (χ4v) is 4.09. The van der Waals surface area contributed by atoms with E-state index in [1.165, 1.54) is 4.90 Å². The van der Waals surface area contributed by atoms with Gasteiger partial charge in [0.15, 0.2) is 0 Å². The van der Waals surface area contributed by atoms with Gasteiger partial charge in [0.2, 0.25) is 5.91 Å². The van der Waals surface area contributed by atoms with E-state index in [9.17, 15) is 14.4 Å². The minimum absolute atomic E-state index is 0.133. The molecule has 2 aliphatic rings. The van der Waals surface area contributed by atoms with Crippen LogP contribution in [-0.2, 0) is 17.6 Å². The molecule has 3 heterocycles. The van der Waals surface area contributed by atoms with E-state index < -0.39 is 6.04 Å². The SMILES string of the molecule is Cc1cccc(NC(=O)[C@@H]2CCCN2C(=O)c2cc3c([nH]c2=O)CCCC3)n1. The van der Waals surface area contributed by atoms with Gasteiger partial charge in [-0.2, -0.15) is 0 Å². The van der Waals surface area contributed by atoms with Crippen LogP contribution >= 0.6 is 0 Å². The maximum Gasteiger partial charge on any atom is 0.261 e. The smallest absolute Gasteiger partial charge is 0.261 e. The Labute approximate surface area is 163 Å². The summed E-state index contributed by atoms with van der Waals surface area (Å²) in [6, 6.07) is 6.53. The summed E-state index contributed by atoms with van der Waals surface area (Å²) >= 11 is 0. The molecule has 7 heteroatoms. The van der Waals surface area contributed by atoms with Crippen LogP contribution in [0.4, 0.5) is 5.82 Å². The molecule has 2 amide bonds. The van der Waals surface area contributed by atoms with Gasteiger partial charge in [-0.25, -0.2) is 4.98 Å². The van der Waals surface area contributed by atoms with E-state index in [1.807, 2.05) is 19.1 Å². The van der Waals surface area contributed by atoms with Crippen molar-refractivity contribution in [1.29, 1.82) is 0 Å². The monoisotopic (exact) mass is 380 g/mol. The Morgan fingerprint density at radius 2 is 2.04 bits per heavy atom. The lowest BCUT2D eigenvalue weighted by atomic mass is 9.95. The normalized spacial score (nSPS) is 18.6. The minimum atomic E-state index is -0.592. The molecule has 146 valence electrons. The number of aromatic nitrogens is 2. The summed E-state index contributed by atoms with van der Waals surface area (Å²) in [6.45, 7) is 2.32. The molecule has 7 nitrogen and oxygen atoms in total. The third-order valence-electron chi connectivity index (χ3n) is 5.52. The van der Waals surface area contributed by atoms with Gasteiger partial charge < -0.3 is 15.2 Å². The first-order valence-corrected chi connectivity index (χ1v) is 9.83. The van der Waals surface area contributed by atoms with Crippen molar-refractivity contribution >= 4 is 17.6 Å². The molecule has 28 heavy (non-hydrogen) atoms. The Kier molecular flexibility index (Phi) is 4.98. The fraction of sp³-hybridized carbons (Fsp3) is 0.429. The number of aromatic amines is 1. The van der Waals surface area contributed by atoms with E-state index in [0.29, 0.717) is 18.8 Å². The van der Waals surface area contributed by atoms with E-state index in [4.69, 9.17) is 0 Å². The van der Waals surface area contributed by atoms with Crippen molar-refractivity contribution < 1.29 is 9.59 Å². The number of fused-ring (bicyclic) bond motifs is 1. The zero-order valence-corrected chi connectivity index (χ0v) is 16.0. The number of amides is 2. The van der Waals surface area contributed by atoms with Crippen molar-refractivity contribution in [3.63, 3.8) is 0 Å². The summed E-state index contributed by atoms with van der Waals surface area (Å²) in [4.78, 5) is 47.0. The van der Waals surface area contributed by atoms with Crippen molar-refractivity contribution in [3.8, 4) is 0 Å². The van der Waals surface area contributed by atoms with E-state index in [-0.39, 0.29) is 22.9 Å². The van der Waals surface area contributed by atoms with Crippen LogP contribution in [-0.4, -0.2) is 39.3 Å². The molecule has 0 aromatic carbocycles. The highest BCUT2D eigenvalue weighted by atomic mass is 16.2. The van der Waals surface area contributed by atoms with E-state index >= 15 is 0 Å². The lowest BCUT2D eigenvalue weighted by Gasteiger charge is -2.24. The molecule has 1 aliphatic heterocycles. The summed E-state index contributed by atoms with van der Waals surface area (Å²) < 4.78 is 0. The Morgan fingerprint density at radius 1 is 1.21 bits per heavy atom. The number of rotatable bonds is 3. The van der Waals surface area contributed by atoms with Crippen LogP contribution in [0.3, 0.4) is 0 Å². The number of pyridine rings is 2. The molecule has 0 saturated carbocycles. The summed E-state index contributed by atoms with van der Waals surface area (Å²) in [5.74, 6) is -0.168. The average molecular weight is 380 g/mol. The van der Waals surface area contributed by atoms with Gasteiger partial charge in [0.05, 0.1) is 0 Å². The lowest BCUT2D eigenvalue weighted by molar-refractivity contribution is -0.119. The molecular weight excluding hydrogens is 356 g/mol. The van der Waals surface area contributed by atoms with Gasteiger partial charge in [0.1, 0.15) is 17.4 Å². The van der Waals surface area contributed by atoms with Gasteiger partial charge in [-0.05, 0) is 69.2 Å².